The van der Waals surface area contributed by atoms with Crippen molar-refractivity contribution >= 4 is 0 Å². The van der Waals surface area contributed by atoms with Crippen LogP contribution in [0.2, 0.25) is 0 Å². The summed E-state index contributed by atoms with van der Waals surface area (Å²) in [6, 6.07) is -0.144. The van der Waals surface area contributed by atoms with Gasteiger partial charge in [0.1, 0.15) is 6.33 Å². The van der Waals surface area contributed by atoms with E-state index >= 15 is 0 Å². The van der Waals surface area contributed by atoms with Crippen molar-refractivity contribution in [2.45, 2.75) is 7.43 Å². The van der Waals surface area contributed by atoms with Gasteiger partial charge in [0.25, 0.3) is 0 Å². The minimum absolute atomic E-state index is 0. The summed E-state index contributed by atoms with van der Waals surface area (Å²) in [5, 5.41) is 14.7. The highest BCUT2D eigenvalue weighted by Crippen LogP contribution is 1.86. The van der Waals surface area contributed by atoms with Crippen LogP contribution in [0.4, 0.5) is 0 Å². The third-order valence-corrected chi connectivity index (χ3v) is 0.404. The van der Waals surface area contributed by atoms with Gasteiger partial charge in [0, 0.05) is 0 Å². The zero-order valence-corrected chi connectivity index (χ0v) is 2.92. The molecule has 0 aliphatic heterocycles. The van der Waals surface area contributed by atoms with Crippen LogP contribution in [0.3, 0.4) is 0 Å². The van der Waals surface area contributed by atoms with Gasteiger partial charge in [0.2, 0.25) is 0 Å². The second kappa shape index (κ2) is 2.17. The molecule has 0 fully saturated rings. The lowest BCUT2D eigenvalue weighted by Crippen LogP contribution is -1.61. The number of aromatic amines is 1. The lowest BCUT2D eigenvalue weighted by atomic mass is 11.2. The normalized spacial score (nSPS) is 7.43. The largest absolute Gasteiger partial charge is 0.479 e. The number of aromatic nitrogens is 3. The van der Waals surface area contributed by atoms with E-state index in [9.17, 15) is 0 Å². The molecule has 0 aliphatic rings. The molecule has 40 valence electrons. The highest BCUT2D eigenvalue weighted by Gasteiger charge is 1.79. The number of hydrogen-bond donors (Lipinski definition) is 2. The quantitative estimate of drug-likeness (QED) is 0.488. The fourth-order valence-electron chi connectivity index (χ4n) is 0.199. The van der Waals surface area contributed by atoms with Crippen molar-refractivity contribution in [3.05, 3.63) is 6.33 Å². The number of hydrogen-bond acceptors (Lipinski definition) is 3. The molecule has 1 aromatic rings. The monoisotopic (exact) mass is 101 g/mol. The zero-order chi connectivity index (χ0) is 4.41. The van der Waals surface area contributed by atoms with Gasteiger partial charge in [0.15, 0.2) is 0 Å². The summed E-state index contributed by atoms with van der Waals surface area (Å²) >= 11 is 0. The number of aromatic hydroxyl groups is 1. The first-order valence-electron chi connectivity index (χ1n) is 1.44. The molecule has 1 rings (SSSR count). The van der Waals surface area contributed by atoms with Crippen LogP contribution in [0.25, 0.3) is 0 Å². The van der Waals surface area contributed by atoms with Gasteiger partial charge in [-0.05, 0) is 0 Å². The van der Waals surface area contributed by atoms with Crippen LogP contribution in [0.15, 0.2) is 6.33 Å². The molecule has 1 heterocycles. The molecule has 0 spiro atoms. The Morgan fingerprint density at radius 1 is 1.71 bits per heavy atom. The molecule has 2 N–H and O–H groups in total. The summed E-state index contributed by atoms with van der Waals surface area (Å²) < 4.78 is 0. The maximum Gasteiger partial charge on any atom is 0.311 e. The molecule has 0 amide bonds. The Morgan fingerprint density at radius 3 is 2.57 bits per heavy atom. The molecule has 0 aromatic carbocycles. The van der Waals surface area contributed by atoms with E-state index in [1.807, 2.05) is 0 Å². The molecule has 0 unspecified atom stereocenters. The fourth-order valence-corrected chi connectivity index (χ4v) is 0.199. The third kappa shape index (κ3) is 1.21. The molecule has 0 saturated heterocycles. The van der Waals surface area contributed by atoms with Gasteiger partial charge >= 0.3 is 6.01 Å². The predicted molar refractivity (Wildman–Crippen MR) is 24.8 cm³/mol. The molecule has 4 heteroatoms. The summed E-state index contributed by atoms with van der Waals surface area (Å²) in [5.74, 6) is 0. The zero-order valence-electron chi connectivity index (χ0n) is 2.92. The summed E-state index contributed by atoms with van der Waals surface area (Å²) in [4.78, 5) is 2.33. The summed E-state index contributed by atoms with van der Waals surface area (Å²) in [6.45, 7) is 0. The first-order valence-corrected chi connectivity index (χ1v) is 1.44. The van der Waals surface area contributed by atoms with Gasteiger partial charge in [-0.2, -0.15) is 0 Å². The van der Waals surface area contributed by atoms with Crippen LogP contribution in [-0.2, 0) is 0 Å². The van der Waals surface area contributed by atoms with E-state index in [2.05, 4.69) is 15.2 Å². The van der Waals surface area contributed by atoms with Crippen LogP contribution in [0.1, 0.15) is 7.43 Å². The fraction of sp³-hybridized carbons (Fsp3) is 0.333. The summed E-state index contributed by atoms with van der Waals surface area (Å²) in [5.41, 5.74) is 0. The van der Waals surface area contributed by atoms with Gasteiger partial charge in [-0.15, -0.1) is 5.10 Å². The number of rotatable bonds is 0. The lowest BCUT2D eigenvalue weighted by Gasteiger charge is -1.66. The van der Waals surface area contributed by atoms with E-state index in [0.29, 0.717) is 0 Å². The van der Waals surface area contributed by atoms with Crippen molar-refractivity contribution in [2.75, 3.05) is 0 Å². The van der Waals surface area contributed by atoms with Crippen molar-refractivity contribution in [1.29, 1.82) is 0 Å². The van der Waals surface area contributed by atoms with Gasteiger partial charge < -0.3 is 5.11 Å². The number of nitrogens with one attached hydrogen (secondary N) is 1. The van der Waals surface area contributed by atoms with E-state index < -0.39 is 0 Å². The van der Waals surface area contributed by atoms with Crippen LogP contribution < -0.4 is 0 Å². The SMILES string of the molecule is C.Oc1nnc[nH]1. The average molecular weight is 101 g/mol. The van der Waals surface area contributed by atoms with Crippen molar-refractivity contribution in [3.63, 3.8) is 0 Å². The molecular weight excluding hydrogens is 94.1 g/mol. The molecule has 0 atom stereocenters. The van der Waals surface area contributed by atoms with Crippen LogP contribution >= 0.6 is 0 Å². The van der Waals surface area contributed by atoms with Gasteiger partial charge in [-0.1, -0.05) is 12.5 Å². The first kappa shape index (κ1) is 5.94. The topological polar surface area (TPSA) is 61.8 Å². The highest BCUT2D eigenvalue weighted by atomic mass is 16.3. The van der Waals surface area contributed by atoms with Crippen molar-refractivity contribution in [2.24, 2.45) is 0 Å². The standard InChI is InChI=1S/C2H3N3O.CH4/c6-2-3-1-4-5-2;/h1H,(H2,3,4,5,6);1H4. The maximum absolute atomic E-state index is 8.24. The Hall–Kier alpha value is -1.06. The molecule has 0 aliphatic carbocycles. The lowest BCUT2D eigenvalue weighted by molar-refractivity contribution is 0.433. The maximum atomic E-state index is 8.24. The number of H-pyrrole nitrogens is 1. The Labute approximate surface area is 41.2 Å². The Kier molecular flexibility index (Phi) is 1.84. The second-order valence-corrected chi connectivity index (χ2v) is 0.813. The molecule has 0 radical (unpaired) electrons. The summed E-state index contributed by atoms with van der Waals surface area (Å²) in [6.07, 6.45) is 1.30. The van der Waals surface area contributed by atoms with E-state index in [1.54, 1.807) is 0 Å². The minimum Gasteiger partial charge on any atom is -0.479 e. The second-order valence-electron chi connectivity index (χ2n) is 0.813. The highest BCUT2D eigenvalue weighted by molar-refractivity contribution is 4.79. The van der Waals surface area contributed by atoms with E-state index in [4.69, 9.17) is 5.11 Å². The Balaban J connectivity index is 0.000000360. The van der Waals surface area contributed by atoms with Crippen molar-refractivity contribution in [1.82, 2.24) is 15.2 Å². The van der Waals surface area contributed by atoms with Crippen LogP contribution in [-0.4, -0.2) is 20.3 Å². The molecule has 0 bridgehead atoms. The van der Waals surface area contributed by atoms with Gasteiger partial charge in [0.05, 0.1) is 0 Å². The number of nitrogens with zero attached hydrogens (tertiary/aromatic N) is 2. The van der Waals surface area contributed by atoms with Crippen molar-refractivity contribution < 1.29 is 5.11 Å². The van der Waals surface area contributed by atoms with Crippen molar-refractivity contribution in [3.8, 4) is 6.01 Å². The minimum atomic E-state index is -0.144. The Bertz CT molecular complexity index is 114. The molecule has 7 heavy (non-hydrogen) atoms. The summed E-state index contributed by atoms with van der Waals surface area (Å²) in [7, 11) is 0. The van der Waals surface area contributed by atoms with Gasteiger partial charge in [-0.25, -0.2) is 0 Å². The smallest absolute Gasteiger partial charge is 0.311 e. The molecule has 1 aromatic heterocycles. The predicted octanol–water partition coefficient (Wildman–Crippen LogP) is 0.146. The first-order chi connectivity index (χ1) is 2.89. The van der Waals surface area contributed by atoms with Crippen LogP contribution in [0, 0.1) is 0 Å². The van der Waals surface area contributed by atoms with E-state index in [-0.39, 0.29) is 13.4 Å². The molecular formula is C3H7N3O. The Morgan fingerprint density at radius 2 is 2.43 bits per heavy atom. The van der Waals surface area contributed by atoms with Crippen LogP contribution in [0.5, 0.6) is 6.01 Å². The van der Waals surface area contributed by atoms with Gasteiger partial charge in [-0.3, -0.25) is 4.98 Å². The average Bonchev–Trinajstić information content (AvgIpc) is 1.86. The third-order valence-electron chi connectivity index (χ3n) is 0.404. The molecule has 4 nitrogen and oxygen atoms in total. The van der Waals surface area contributed by atoms with E-state index in [0.717, 1.165) is 0 Å². The van der Waals surface area contributed by atoms with E-state index in [1.165, 1.54) is 6.33 Å². The molecule has 0 saturated carbocycles.